The molecule has 2 rings (SSSR count). The largest absolute Gasteiger partial charge is 0.438 e. The summed E-state index contributed by atoms with van der Waals surface area (Å²) in [5.74, 6) is 0.313. The van der Waals surface area contributed by atoms with E-state index in [0.29, 0.717) is 24.0 Å². The highest BCUT2D eigenvalue weighted by Crippen LogP contribution is 2.13. The van der Waals surface area contributed by atoms with E-state index in [-0.39, 0.29) is 5.91 Å². The van der Waals surface area contributed by atoms with Gasteiger partial charge in [0.25, 0.3) is 5.91 Å². The maximum absolute atomic E-state index is 12.3. The molecule has 18 heavy (non-hydrogen) atoms. The highest BCUT2D eigenvalue weighted by molar-refractivity contribution is 5.92. The zero-order valence-electron chi connectivity index (χ0n) is 11.1. The highest BCUT2D eigenvalue weighted by atomic mass is 16.3. The van der Waals surface area contributed by atoms with Gasteiger partial charge in [0.05, 0.1) is 5.69 Å². The lowest BCUT2D eigenvalue weighted by atomic mass is 10.0. The number of oxazole rings is 1. The fourth-order valence-electron chi connectivity index (χ4n) is 2.35. The van der Waals surface area contributed by atoms with Crippen molar-refractivity contribution in [2.24, 2.45) is 0 Å². The molecule has 1 amide bonds. The number of aromatic nitrogens is 1. The first kappa shape index (κ1) is 13.1. The van der Waals surface area contributed by atoms with E-state index in [0.717, 1.165) is 19.5 Å². The smallest absolute Gasteiger partial charge is 0.291 e. The first-order valence-corrected chi connectivity index (χ1v) is 6.65. The van der Waals surface area contributed by atoms with Crippen LogP contribution in [-0.4, -0.2) is 41.5 Å². The Hall–Kier alpha value is -1.36. The molecule has 0 spiro atoms. The summed E-state index contributed by atoms with van der Waals surface area (Å²) in [4.78, 5) is 18.1. The van der Waals surface area contributed by atoms with Gasteiger partial charge in [-0.3, -0.25) is 4.79 Å². The molecule has 1 aliphatic rings. The number of carbonyl (C=O) groups is 1. The van der Waals surface area contributed by atoms with E-state index in [1.54, 1.807) is 6.92 Å². The highest BCUT2D eigenvalue weighted by Gasteiger charge is 2.23. The molecule has 1 aromatic heterocycles. The third kappa shape index (κ3) is 2.90. The molecule has 0 saturated carbocycles. The van der Waals surface area contributed by atoms with E-state index in [1.165, 1.54) is 19.2 Å². The molecule has 1 unspecified atom stereocenters. The van der Waals surface area contributed by atoms with E-state index in [2.05, 4.69) is 10.3 Å². The maximum atomic E-state index is 12.3. The van der Waals surface area contributed by atoms with Crippen LogP contribution in [0.1, 0.15) is 42.4 Å². The van der Waals surface area contributed by atoms with Gasteiger partial charge in [0, 0.05) is 19.1 Å². The first-order chi connectivity index (χ1) is 8.72. The molecule has 5 nitrogen and oxygen atoms in total. The van der Waals surface area contributed by atoms with Crippen LogP contribution >= 0.6 is 0 Å². The Bertz CT molecular complexity index is 397. The van der Waals surface area contributed by atoms with Gasteiger partial charge in [0.1, 0.15) is 0 Å². The van der Waals surface area contributed by atoms with E-state index < -0.39 is 0 Å². The van der Waals surface area contributed by atoms with E-state index in [4.69, 9.17) is 4.42 Å². The third-order valence-corrected chi connectivity index (χ3v) is 3.46. The summed E-state index contributed by atoms with van der Waals surface area (Å²) < 4.78 is 5.18. The van der Waals surface area contributed by atoms with Gasteiger partial charge >= 0.3 is 0 Å². The molecule has 100 valence electrons. The average molecular weight is 251 g/mol. The van der Waals surface area contributed by atoms with Crippen LogP contribution in [0.2, 0.25) is 0 Å². The number of amides is 1. The van der Waals surface area contributed by atoms with Crippen LogP contribution in [0.15, 0.2) is 10.8 Å². The fourth-order valence-corrected chi connectivity index (χ4v) is 2.35. The van der Waals surface area contributed by atoms with Crippen LogP contribution in [0, 0.1) is 6.92 Å². The Morgan fingerprint density at radius 1 is 1.61 bits per heavy atom. The van der Waals surface area contributed by atoms with Crippen LogP contribution in [-0.2, 0) is 0 Å². The molecule has 0 bridgehead atoms. The summed E-state index contributed by atoms with van der Waals surface area (Å²) in [6, 6.07) is 0.408. The average Bonchev–Trinajstić information content (AvgIpc) is 2.82. The van der Waals surface area contributed by atoms with Crippen molar-refractivity contribution in [2.45, 2.75) is 39.2 Å². The summed E-state index contributed by atoms with van der Waals surface area (Å²) in [6.45, 7) is 6.28. The van der Waals surface area contributed by atoms with Crippen molar-refractivity contribution in [1.29, 1.82) is 0 Å². The Morgan fingerprint density at radius 3 is 3.00 bits per heavy atom. The van der Waals surface area contributed by atoms with Crippen LogP contribution < -0.4 is 5.32 Å². The van der Waals surface area contributed by atoms with E-state index in [1.807, 2.05) is 11.8 Å². The number of carbonyl (C=O) groups excluding carboxylic acids is 1. The first-order valence-electron chi connectivity index (χ1n) is 6.65. The Kier molecular flexibility index (Phi) is 4.36. The molecule has 0 radical (unpaired) electrons. The number of nitrogens with one attached hydrogen (secondary N) is 1. The number of aryl methyl sites for hydroxylation is 1. The number of likely N-dealkylation sites (N-methyl/N-ethyl adjacent to an activating group) is 1. The standard InChI is InChI=1S/C13H21N3O2/c1-3-16(8-11-6-4-5-7-14-11)13(17)12-10(2)15-9-18-12/h9,11,14H,3-8H2,1-2H3. The van der Waals surface area contributed by atoms with Crippen molar-refractivity contribution in [1.82, 2.24) is 15.2 Å². The minimum atomic E-state index is -0.0557. The van der Waals surface area contributed by atoms with E-state index >= 15 is 0 Å². The van der Waals surface area contributed by atoms with Gasteiger partial charge in [-0.25, -0.2) is 4.98 Å². The monoisotopic (exact) mass is 251 g/mol. The summed E-state index contributed by atoms with van der Waals surface area (Å²) in [7, 11) is 0. The Labute approximate surface area is 108 Å². The third-order valence-electron chi connectivity index (χ3n) is 3.46. The second-order valence-corrected chi connectivity index (χ2v) is 4.76. The van der Waals surface area contributed by atoms with Crippen LogP contribution in [0.25, 0.3) is 0 Å². The van der Waals surface area contributed by atoms with Gasteiger partial charge < -0.3 is 14.6 Å². The Morgan fingerprint density at radius 2 is 2.44 bits per heavy atom. The molecule has 0 aliphatic carbocycles. The summed E-state index contributed by atoms with van der Waals surface area (Å²) in [6.07, 6.45) is 4.94. The minimum absolute atomic E-state index is 0.0557. The molecule has 1 saturated heterocycles. The summed E-state index contributed by atoms with van der Waals surface area (Å²) in [5.41, 5.74) is 0.662. The molecule has 1 atom stereocenters. The number of hydrogen-bond acceptors (Lipinski definition) is 4. The molecule has 1 aliphatic heterocycles. The lowest BCUT2D eigenvalue weighted by Crippen LogP contribution is -2.45. The number of piperidine rings is 1. The summed E-state index contributed by atoms with van der Waals surface area (Å²) >= 11 is 0. The van der Waals surface area contributed by atoms with Crippen molar-refractivity contribution in [3.05, 3.63) is 17.8 Å². The van der Waals surface area contributed by atoms with E-state index in [9.17, 15) is 4.79 Å². The molecule has 1 aromatic rings. The second-order valence-electron chi connectivity index (χ2n) is 4.76. The molecule has 5 heteroatoms. The van der Waals surface area contributed by atoms with Gasteiger partial charge in [0.15, 0.2) is 6.39 Å². The topological polar surface area (TPSA) is 58.4 Å². The molecule has 2 heterocycles. The molecule has 1 N–H and O–H groups in total. The van der Waals surface area contributed by atoms with Crippen LogP contribution in [0.4, 0.5) is 0 Å². The van der Waals surface area contributed by atoms with Gasteiger partial charge in [-0.1, -0.05) is 6.42 Å². The number of hydrogen-bond donors (Lipinski definition) is 1. The van der Waals surface area contributed by atoms with Crippen LogP contribution in [0.5, 0.6) is 0 Å². The lowest BCUT2D eigenvalue weighted by Gasteiger charge is -2.29. The van der Waals surface area contributed by atoms with Gasteiger partial charge in [-0.2, -0.15) is 0 Å². The van der Waals surface area contributed by atoms with Crippen molar-refractivity contribution in [3.8, 4) is 0 Å². The van der Waals surface area contributed by atoms with Crippen LogP contribution in [0.3, 0.4) is 0 Å². The van der Waals surface area contributed by atoms with Gasteiger partial charge in [0.2, 0.25) is 5.76 Å². The molecule has 0 aromatic carbocycles. The lowest BCUT2D eigenvalue weighted by molar-refractivity contribution is 0.0708. The van der Waals surface area contributed by atoms with Gasteiger partial charge in [-0.05, 0) is 33.2 Å². The number of nitrogens with zero attached hydrogens (tertiary/aromatic N) is 2. The van der Waals surface area contributed by atoms with Crippen molar-refractivity contribution in [3.63, 3.8) is 0 Å². The zero-order chi connectivity index (χ0) is 13.0. The SMILES string of the molecule is CCN(CC1CCCCN1)C(=O)c1ocnc1C. The molecule has 1 fully saturated rings. The van der Waals surface area contributed by atoms with Crippen molar-refractivity contribution < 1.29 is 9.21 Å². The quantitative estimate of drug-likeness (QED) is 0.882. The Balaban J connectivity index is 1.99. The fraction of sp³-hybridized carbons (Fsp3) is 0.692. The van der Waals surface area contributed by atoms with Crippen molar-refractivity contribution >= 4 is 5.91 Å². The van der Waals surface area contributed by atoms with Gasteiger partial charge in [-0.15, -0.1) is 0 Å². The zero-order valence-corrected chi connectivity index (χ0v) is 11.1. The summed E-state index contributed by atoms with van der Waals surface area (Å²) in [5, 5.41) is 3.46. The molecular formula is C13H21N3O2. The maximum Gasteiger partial charge on any atom is 0.291 e. The second kappa shape index (κ2) is 6.00. The predicted octanol–water partition coefficient (Wildman–Crippen LogP) is 1.59. The van der Waals surface area contributed by atoms with Crippen molar-refractivity contribution in [2.75, 3.05) is 19.6 Å². The predicted molar refractivity (Wildman–Crippen MR) is 68.5 cm³/mol. The molecular weight excluding hydrogens is 230 g/mol. The minimum Gasteiger partial charge on any atom is -0.438 e. The normalized spacial score (nSPS) is 19.8. The number of rotatable bonds is 4.